The van der Waals surface area contributed by atoms with Gasteiger partial charge in [0.25, 0.3) is 0 Å². The van der Waals surface area contributed by atoms with Gasteiger partial charge in [0.15, 0.2) is 0 Å². The van der Waals surface area contributed by atoms with Crippen molar-refractivity contribution >= 4 is 24.4 Å². The number of aromatic nitrogens is 2. The number of benzene rings is 2. The van der Waals surface area contributed by atoms with Crippen molar-refractivity contribution in [2.75, 3.05) is 0 Å². The van der Waals surface area contributed by atoms with E-state index in [9.17, 15) is 19.5 Å². The summed E-state index contributed by atoms with van der Waals surface area (Å²) in [4.78, 5) is 53.2. The summed E-state index contributed by atoms with van der Waals surface area (Å²) < 4.78 is 4.83. The van der Waals surface area contributed by atoms with Crippen LogP contribution in [0.1, 0.15) is 57.2 Å². The van der Waals surface area contributed by atoms with Crippen molar-refractivity contribution in [3.63, 3.8) is 0 Å². The van der Waals surface area contributed by atoms with Gasteiger partial charge in [0.05, 0.1) is 6.04 Å². The zero-order valence-corrected chi connectivity index (χ0v) is 26.0. The first-order valence-corrected chi connectivity index (χ1v) is 14.8. The lowest BCUT2D eigenvalue weighted by Gasteiger charge is -2.39. The number of aliphatic hydroxyl groups is 1. The van der Waals surface area contributed by atoms with Gasteiger partial charge in [0.1, 0.15) is 35.5 Å². The number of urea groups is 1. The Morgan fingerprint density at radius 2 is 1.60 bits per heavy atom. The number of primary amides is 1. The van der Waals surface area contributed by atoms with Crippen molar-refractivity contribution in [2.45, 2.75) is 76.8 Å². The minimum atomic E-state index is -1.20. The molecule has 0 saturated carbocycles. The average molecular weight is 617 g/mol. The fraction of sp³-hybridized carbons (Fsp3) is 0.364. The van der Waals surface area contributed by atoms with Crippen LogP contribution in [-0.2, 0) is 22.4 Å². The standard InChI is InChI=1S/C33H41N7O5/c1-22(17-25-20-40(21-38-25,31(35)43)30(42)26(34)18-23-11-7-5-8-12-23)39(32(44)45-33(2,3)4)27(19-24-13-9-6-10-14-24)28(41)29-36-15-16-37-29/h5-16,20-22,26-28,41H,17-19,34H2,1-4H3,(H2-,35,36,37,43)/p+1/t22?,26-,27?,28-,40-/m0/s1. The molecule has 12 nitrogen and oxygen atoms in total. The van der Waals surface area contributed by atoms with E-state index in [2.05, 4.69) is 15.0 Å². The largest absolute Gasteiger partial charge is 0.444 e. The van der Waals surface area contributed by atoms with Gasteiger partial charge in [-0.3, -0.25) is 4.90 Å². The number of carbonyl (C=O) groups excluding carboxylic acids is 3. The van der Waals surface area contributed by atoms with Gasteiger partial charge in [-0.15, -0.1) is 4.48 Å². The van der Waals surface area contributed by atoms with E-state index in [1.165, 1.54) is 23.6 Å². The second-order valence-electron chi connectivity index (χ2n) is 12.2. The first-order chi connectivity index (χ1) is 21.3. The molecular weight excluding hydrogens is 574 g/mol. The summed E-state index contributed by atoms with van der Waals surface area (Å²) in [6.45, 7) is 7.06. The summed E-state index contributed by atoms with van der Waals surface area (Å²) in [5.41, 5.74) is 13.3. The fourth-order valence-electron chi connectivity index (χ4n) is 5.35. The third-order valence-corrected chi connectivity index (χ3v) is 7.50. The van der Waals surface area contributed by atoms with Crippen molar-refractivity contribution in [3.8, 4) is 0 Å². The molecular formula is C33H42N7O5+. The second kappa shape index (κ2) is 14.0. The van der Waals surface area contributed by atoms with Gasteiger partial charge in [-0.05, 0) is 45.2 Å². The molecule has 2 aromatic carbocycles. The summed E-state index contributed by atoms with van der Waals surface area (Å²) in [5, 5.41) is 11.6. The van der Waals surface area contributed by atoms with Crippen LogP contribution >= 0.6 is 0 Å². The van der Waals surface area contributed by atoms with Gasteiger partial charge in [0, 0.05) is 31.3 Å². The lowest BCUT2D eigenvalue weighted by molar-refractivity contribution is -0.606. The maximum Gasteiger partial charge on any atom is 0.432 e. The van der Waals surface area contributed by atoms with E-state index < -0.39 is 52.3 Å². The van der Waals surface area contributed by atoms with Crippen LogP contribution in [0.25, 0.3) is 0 Å². The molecule has 45 heavy (non-hydrogen) atoms. The Morgan fingerprint density at radius 1 is 1.00 bits per heavy atom. The van der Waals surface area contributed by atoms with Crippen LogP contribution < -0.4 is 11.5 Å². The number of hydrogen-bond acceptors (Lipinski definition) is 8. The number of aromatic amines is 1. The number of nitrogens with two attached hydrogens (primary N) is 2. The van der Waals surface area contributed by atoms with Crippen LogP contribution in [0.2, 0.25) is 0 Å². The first-order valence-electron chi connectivity index (χ1n) is 14.8. The average Bonchev–Trinajstić information content (AvgIpc) is 3.68. The molecule has 2 unspecified atom stereocenters. The van der Waals surface area contributed by atoms with Crippen molar-refractivity contribution in [2.24, 2.45) is 16.5 Å². The number of nitrogens with one attached hydrogen (secondary N) is 1. The van der Waals surface area contributed by atoms with E-state index >= 15 is 0 Å². The summed E-state index contributed by atoms with van der Waals surface area (Å²) in [5.74, 6) is -0.339. The number of imide groups is 1. The maximum absolute atomic E-state index is 13.8. The third kappa shape index (κ3) is 8.09. The molecule has 3 aromatic rings. The first kappa shape index (κ1) is 33.2. The minimum Gasteiger partial charge on any atom is -0.444 e. The smallest absolute Gasteiger partial charge is 0.432 e. The van der Waals surface area contributed by atoms with E-state index in [4.69, 9.17) is 16.2 Å². The van der Waals surface area contributed by atoms with Crippen LogP contribution in [-0.4, -0.2) is 72.6 Å². The number of H-pyrrole nitrogens is 1. The molecule has 0 spiro atoms. The van der Waals surface area contributed by atoms with E-state index in [1.54, 1.807) is 33.9 Å². The molecule has 2 heterocycles. The van der Waals surface area contributed by atoms with E-state index in [-0.39, 0.29) is 25.1 Å². The van der Waals surface area contributed by atoms with Crippen LogP contribution in [0.5, 0.6) is 0 Å². The molecule has 6 N–H and O–H groups in total. The van der Waals surface area contributed by atoms with Gasteiger partial charge in [0.2, 0.25) is 6.34 Å². The van der Waals surface area contributed by atoms with Crippen LogP contribution in [0.4, 0.5) is 9.59 Å². The number of imidazole rings is 1. The predicted octanol–water partition coefficient (Wildman–Crippen LogP) is 3.95. The van der Waals surface area contributed by atoms with Crippen LogP contribution in [0.3, 0.4) is 0 Å². The Labute approximate surface area is 263 Å². The highest BCUT2D eigenvalue weighted by Crippen LogP contribution is 2.30. The summed E-state index contributed by atoms with van der Waals surface area (Å²) >= 11 is 0. The van der Waals surface area contributed by atoms with Crippen molar-refractivity contribution in [3.05, 3.63) is 102 Å². The van der Waals surface area contributed by atoms with Crippen molar-refractivity contribution in [1.29, 1.82) is 0 Å². The lowest BCUT2D eigenvalue weighted by atomic mass is 9.97. The Kier molecular flexibility index (Phi) is 10.3. The molecule has 12 heteroatoms. The Bertz CT molecular complexity index is 1520. The molecule has 5 atom stereocenters. The van der Waals surface area contributed by atoms with Crippen LogP contribution in [0, 0.1) is 0 Å². The number of ether oxygens (including phenoxy) is 1. The summed E-state index contributed by atoms with van der Waals surface area (Å²) in [6, 6.07) is 15.3. The zero-order chi connectivity index (χ0) is 32.8. The van der Waals surface area contributed by atoms with Crippen molar-refractivity contribution < 1.29 is 28.7 Å². The molecule has 1 aliphatic heterocycles. The Hall–Kier alpha value is -4.65. The number of hydrogen-bond donors (Lipinski definition) is 4. The maximum atomic E-state index is 13.8. The monoisotopic (exact) mass is 616 g/mol. The molecule has 4 rings (SSSR count). The molecule has 1 aliphatic rings. The zero-order valence-electron chi connectivity index (χ0n) is 26.0. The van der Waals surface area contributed by atoms with Gasteiger partial charge < -0.3 is 26.3 Å². The molecule has 238 valence electrons. The number of aliphatic imine (C=N–C) groups is 1. The third-order valence-electron chi connectivity index (χ3n) is 7.50. The predicted molar refractivity (Wildman–Crippen MR) is 169 cm³/mol. The number of rotatable bonds is 11. The molecule has 0 radical (unpaired) electrons. The number of aliphatic hydroxyl groups excluding tert-OH is 1. The van der Waals surface area contributed by atoms with E-state index in [0.29, 0.717) is 5.70 Å². The quantitative estimate of drug-likeness (QED) is 0.236. The van der Waals surface area contributed by atoms with Crippen LogP contribution in [0.15, 0.2) is 89.9 Å². The number of carbonyl (C=O) groups is 3. The lowest BCUT2D eigenvalue weighted by Crippen LogP contribution is -2.59. The molecule has 0 fully saturated rings. The molecule has 0 aliphatic carbocycles. The van der Waals surface area contributed by atoms with Gasteiger partial charge in [-0.2, -0.15) is 0 Å². The fourth-order valence-corrected chi connectivity index (χ4v) is 5.35. The molecule has 0 saturated heterocycles. The van der Waals surface area contributed by atoms with Crippen molar-refractivity contribution in [1.82, 2.24) is 14.9 Å². The molecule has 0 bridgehead atoms. The second-order valence-corrected chi connectivity index (χ2v) is 12.2. The van der Waals surface area contributed by atoms with Gasteiger partial charge >= 0.3 is 18.0 Å². The van der Waals surface area contributed by atoms with Gasteiger partial charge in [-0.25, -0.2) is 24.4 Å². The van der Waals surface area contributed by atoms with Gasteiger partial charge in [-0.1, -0.05) is 60.7 Å². The molecule has 1 aromatic heterocycles. The SMILES string of the molecule is CC(CC1=C[N@@+](C(N)=O)(C(=O)[C@@H](N)Cc2ccccc2)C=N1)N(C(=O)OC(C)(C)C)C(Cc1ccccc1)[C@H](O)c1ncc[nH]1. The highest BCUT2D eigenvalue weighted by Gasteiger charge is 2.48. The number of amides is 4. The summed E-state index contributed by atoms with van der Waals surface area (Å²) in [6.07, 6.45) is 4.41. The normalized spacial score (nSPS) is 18.8. The number of nitrogens with zero attached hydrogens (tertiary/aromatic N) is 4. The topological polar surface area (TPSA) is 177 Å². The minimum absolute atomic E-state index is 0.111. The highest BCUT2D eigenvalue weighted by atomic mass is 16.6. The Morgan fingerprint density at radius 3 is 2.13 bits per heavy atom. The highest BCUT2D eigenvalue weighted by molar-refractivity contribution is 5.95. The summed E-state index contributed by atoms with van der Waals surface area (Å²) in [7, 11) is 0. The number of quaternary nitrogens is 1. The van der Waals surface area contributed by atoms with E-state index in [1.807, 2.05) is 60.7 Å². The molecule has 4 amide bonds. The Balaban J connectivity index is 1.66. The van der Waals surface area contributed by atoms with E-state index in [0.717, 1.165) is 11.1 Å².